The zero-order valence-corrected chi connectivity index (χ0v) is 16.8. The van der Waals surface area contributed by atoms with E-state index in [0.717, 1.165) is 18.8 Å². The van der Waals surface area contributed by atoms with Crippen LogP contribution in [0.5, 0.6) is 0 Å². The molecule has 1 aromatic carbocycles. The van der Waals surface area contributed by atoms with E-state index in [1.807, 2.05) is 23.1 Å². The fourth-order valence-electron chi connectivity index (χ4n) is 3.30. The van der Waals surface area contributed by atoms with Crippen LogP contribution in [0.3, 0.4) is 0 Å². The molecule has 0 aromatic heterocycles. The standard InChI is InChI=1S/C20H29N3O5/c1-4-27-18(25)20(21-16(3)24,19(26)28-5-2)15-22-11-13-23(14-12-22)17-9-7-6-8-10-17/h6-10H,4-5,11-15H2,1-3H3,(H,21,24). The number of anilines is 1. The van der Waals surface area contributed by atoms with Crippen molar-refractivity contribution in [1.82, 2.24) is 10.2 Å². The number of carbonyl (C=O) groups is 3. The third kappa shape index (κ3) is 5.22. The monoisotopic (exact) mass is 391 g/mol. The fourth-order valence-corrected chi connectivity index (χ4v) is 3.30. The predicted octanol–water partition coefficient (Wildman–Crippen LogP) is 0.810. The topological polar surface area (TPSA) is 88.2 Å². The van der Waals surface area contributed by atoms with Crippen molar-refractivity contribution in [3.63, 3.8) is 0 Å². The molecule has 0 radical (unpaired) electrons. The van der Waals surface area contributed by atoms with Gasteiger partial charge in [0.05, 0.1) is 13.2 Å². The number of nitrogens with zero attached hydrogens (tertiary/aromatic N) is 2. The molecule has 1 heterocycles. The van der Waals surface area contributed by atoms with Crippen LogP contribution in [-0.2, 0) is 23.9 Å². The van der Waals surface area contributed by atoms with Crippen molar-refractivity contribution >= 4 is 23.5 Å². The number of carbonyl (C=O) groups excluding carboxylic acids is 3. The number of rotatable bonds is 8. The van der Waals surface area contributed by atoms with Gasteiger partial charge in [-0.3, -0.25) is 9.69 Å². The van der Waals surface area contributed by atoms with Crippen LogP contribution in [0.1, 0.15) is 20.8 Å². The lowest BCUT2D eigenvalue weighted by Crippen LogP contribution is -2.67. The highest BCUT2D eigenvalue weighted by Gasteiger charge is 2.51. The minimum absolute atomic E-state index is 0.00682. The molecule has 1 aliphatic rings. The van der Waals surface area contributed by atoms with Crippen molar-refractivity contribution in [2.24, 2.45) is 0 Å². The molecule has 1 fully saturated rings. The van der Waals surface area contributed by atoms with Gasteiger partial charge in [0.15, 0.2) is 0 Å². The van der Waals surface area contributed by atoms with Crippen LogP contribution in [-0.4, -0.2) is 74.2 Å². The lowest BCUT2D eigenvalue weighted by Gasteiger charge is -2.40. The smallest absolute Gasteiger partial charge is 0.345 e. The summed E-state index contributed by atoms with van der Waals surface area (Å²) in [6.07, 6.45) is 0. The van der Waals surface area contributed by atoms with E-state index in [1.165, 1.54) is 6.92 Å². The highest BCUT2D eigenvalue weighted by molar-refractivity contribution is 6.08. The first kappa shape index (κ1) is 21.7. The van der Waals surface area contributed by atoms with Crippen molar-refractivity contribution in [3.8, 4) is 0 Å². The summed E-state index contributed by atoms with van der Waals surface area (Å²) < 4.78 is 10.2. The van der Waals surface area contributed by atoms with E-state index >= 15 is 0 Å². The Morgan fingerprint density at radius 2 is 1.50 bits per heavy atom. The van der Waals surface area contributed by atoms with Crippen molar-refractivity contribution in [3.05, 3.63) is 30.3 Å². The molecule has 0 spiro atoms. The predicted molar refractivity (Wildman–Crippen MR) is 105 cm³/mol. The minimum atomic E-state index is -1.87. The Labute approximate surface area is 165 Å². The molecule has 0 saturated carbocycles. The molecule has 154 valence electrons. The average molecular weight is 391 g/mol. The van der Waals surface area contributed by atoms with Crippen LogP contribution in [0.15, 0.2) is 30.3 Å². The zero-order valence-electron chi connectivity index (χ0n) is 16.8. The van der Waals surface area contributed by atoms with E-state index in [-0.39, 0.29) is 19.8 Å². The summed E-state index contributed by atoms with van der Waals surface area (Å²) in [6.45, 7) is 7.53. The van der Waals surface area contributed by atoms with Crippen LogP contribution >= 0.6 is 0 Å². The molecule has 1 N–H and O–H groups in total. The third-order valence-electron chi connectivity index (χ3n) is 4.59. The van der Waals surface area contributed by atoms with Crippen molar-refractivity contribution in [2.75, 3.05) is 50.8 Å². The van der Waals surface area contributed by atoms with Crippen LogP contribution in [0.25, 0.3) is 0 Å². The lowest BCUT2D eigenvalue weighted by molar-refractivity contribution is -0.169. The minimum Gasteiger partial charge on any atom is -0.464 e. The molecular formula is C20H29N3O5. The maximum atomic E-state index is 12.7. The van der Waals surface area contributed by atoms with Gasteiger partial charge in [-0.2, -0.15) is 0 Å². The van der Waals surface area contributed by atoms with Gasteiger partial charge in [0.25, 0.3) is 0 Å². The van der Waals surface area contributed by atoms with E-state index in [0.29, 0.717) is 13.1 Å². The maximum Gasteiger partial charge on any atom is 0.345 e. The van der Waals surface area contributed by atoms with E-state index in [4.69, 9.17) is 9.47 Å². The van der Waals surface area contributed by atoms with Crippen molar-refractivity contribution in [1.29, 1.82) is 0 Å². The van der Waals surface area contributed by atoms with Crippen molar-refractivity contribution in [2.45, 2.75) is 26.3 Å². The Balaban J connectivity index is 2.16. The van der Waals surface area contributed by atoms with Gasteiger partial charge in [0, 0.05) is 45.3 Å². The van der Waals surface area contributed by atoms with E-state index in [2.05, 4.69) is 22.3 Å². The number of esters is 2. The highest BCUT2D eigenvalue weighted by atomic mass is 16.6. The first-order valence-corrected chi connectivity index (χ1v) is 9.58. The lowest BCUT2D eigenvalue weighted by atomic mass is 9.97. The highest BCUT2D eigenvalue weighted by Crippen LogP contribution is 2.19. The first-order valence-electron chi connectivity index (χ1n) is 9.58. The Hall–Kier alpha value is -2.61. The number of hydrogen-bond acceptors (Lipinski definition) is 7. The number of piperazine rings is 1. The molecule has 2 rings (SSSR count). The maximum absolute atomic E-state index is 12.7. The molecule has 0 bridgehead atoms. The third-order valence-corrected chi connectivity index (χ3v) is 4.59. The second-order valence-electron chi connectivity index (χ2n) is 6.63. The van der Waals surface area contributed by atoms with Gasteiger partial charge in [-0.25, -0.2) is 9.59 Å². The molecule has 1 saturated heterocycles. The Morgan fingerprint density at radius 3 is 1.96 bits per heavy atom. The molecule has 8 heteroatoms. The van der Waals surface area contributed by atoms with Gasteiger partial charge in [0.1, 0.15) is 0 Å². The molecule has 8 nitrogen and oxygen atoms in total. The van der Waals surface area contributed by atoms with Gasteiger partial charge >= 0.3 is 11.9 Å². The van der Waals surface area contributed by atoms with E-state index < -0.39 is 23.4 Å². The zero-order chi connectivity index (χ0) is 20.6. The van der Waals surface area contributed by atoms with Crippen LogP contribution in [0.2, 0.25) is 0 Å². The van der Waals surface area contributed by atoms with Crippen LogP contribution in [0.4, 0.5) is 5.69 Å². The molecule has 28 heavy (non-hydrogen) atoms. The fraction of sp³-hybridized carbons (Fsp3) is 0.550. The largest absolute Gasteiger partial charge is 0.464 e. The molecule has 0 unspecified atom stereocenters. The molecule has 0 aliphatic carbocycles. The molecule has 1 aromatic rings. The van der Waals surface area contributed by atoms with Crippen LogP contribution in [0, 0.1) is 0 Å². The molecule has 1 aliphatic heterocycles. The summed E-state index contributed by atoms with van der Waals surface area (Å²) in [5.41, 5.74) is -0.738. The summed E-state index contributed by atoms with van der Waals surface area (Å²) in [5, 5.41) is 2.51. The second-order valence-corrected chi connectivity index (χ2v) is 6.63. The average Bonchev–Trinajstić information content (AvgIpc) is 2.68. The second kappa shape index (κ2) is 10.1. The number of hydrogen-bond donors (Lipinski definition) is 1. The van der Waals surface area contributed by atoms with E-state index in [9.17, 15) is 14.4 Å². The number of amides is 1. The van der Waals surface area contributed by atoms with Gasteiger partial charge in [0.2, 0.25) is 11.4 Å². The Kier molecular flexibility index (Phi) is 7.80. The first-order chi connectivity index (χ1) is 13.4. The normalized spacial score (nSPS) is 15.0. The number of ether oxygens (including phenoxy) is 2. The Bertz CT molecular complexity index is 654. The van der Waals surface area contributed by atoms with Crippen molar-refractivity contribution < 1.29 is 23.9 Å². The summed E-state index contributed by atoms with van der Waals surface area (Å²) in [6, 6.07) is 10.1. The van der Waals surface area contributed by atoms with Gasteiger partial charge in [-0.05, 0) is 26.0 Å². The van der Waals surface area contributed by atoms with E-state index in [1.54, 1.807) is 13.8 Å². The molecule has 0 atom stereocenters. The van der Waals surface area contributed by atoms with Gasteiger partial charge < -0.3 is 19.7 Å². The molecular weight excluding hydrogens is 362 g/mol. The van der Waals surface area contributed by atoms with Gasteiger partial charge in [-0.15, -0.1) is 0 Å². The number of para-hydroxylation sites is 1. The SMILES string of the molecule is CCOC(=O)C(CN1CCN(c2ccccc2)CC1)(NC(C)=O)C(=O)OCC. The summed E-state index contributed by atoms with van der Waals surface area (Å²) in [4.78, 5) is 41.4. The Morgan fingerprint density at radius 1 is 0.964 bits per heavy atom. The summed E-state index contributed by atoms with van der Waals surface area (Å²) in [5.74, 6) is -2.09. The van der Waals surface area contributed by atoms with Gasteiger partial charge in [-0.1, -0.05) is 18.2 Å². The quantitative estimate of drug-likeness (QED) is 0.518. The number of benzene rings is 1. The summed E-state index contributed by atoms with van der Waals surface area (Å²) >= 11 is 0. The summed E-state index contributed by atoms with van der Waals surface area (Å²) in [7, 11) is 0. The van der Waals surface area contributed by atoms with Crippen LogP contribution < -0.4 is 10.2 Å². The number of nitrogens with one attached hydrogen (secondary N) is 1. The molecule has 1 amide bonds.